The minimum absolute atomic E-state index is 0. The van der Waals surface area contributed by atoms with Crippen LogP contribution in [0.4, 0.5) is 0 Å². The van der Waals surface area contributed by atoms with E-state index in [1.54, 1.807) is 0 Å². The molecule has 0 bridgehead atoms. The molecular weight excluding hydrogens is 383 g/mol. The molecule has 0 fully saturated rings. The van der Waals surface area contributed by atoms with Gasteiger partial charge in [-0.3, -0.25) is 0 Å². The molecule has 0 atom stereocenters. The first-order chi connectivity index (χ1) is 3.71. The second-order valence-electron chi connectivity index (χ2n) is 1.06. The quantitative estimate of drug-likeness (QED) is 0.318. The van der Waals surface area contributed by atoms with E-state index >= 15 is 0 Å². The maximum atomic E-state index is 9.63. The monoisotopic (exact) mass is 390 g/mol. The Morgan fingerprint density at radius 1 is 0.900 bits per heavy atom. The Bertz CT molecular complexity index is 152. The predicted octanol–water partition coefficient (Wildman–Crippen LogP) is -2.00. The Hall–Kier alpha value is 1.14. The van der Waals surface area contributed by atoms with Gasteiger partial charge >= 0.3 is 41.8 Å². The molecule has 0 aliphatic carbocycles. The van der Waals surface area contributed by atoms with Crippen LogP contribution < -0.4 is 0 Å². The van der Waals surface area contributed by atoms with Gasteiger partial charge in [-0.1, -0.05) is 0 Å². The topological polar surface area (TPSA) is 124 Å². The first kappa shape index (κ1) is 13.7. The van der Waals surface area contributed by atoms with Crippen LogP contribution in [-0.4, -0.2) is 45.8 Å². The molecule has 4 N–H and O–H groups in total. The first-order valence-electron chi connectivity index (χ1n) is 1.53. The first-order valence-corrected chi connectivity index (χ1v) is 4.59. The van der Waals surface area contributed by atoms with Gasteiger partial charge in [-0.25, -0.2) is 9.13 Å². The summed E-state index contributed by atoms with van der Waals surface area (Å²) in [6.45, 7) is 0. The van der Waals surface area contributed by atoms with E-state index in [1.807, 2.05) is 0 Å². The zero-order valence-electron chi connectivity index (χ0n) is 4.62. The van der Waals surface area contributed by atoms with Crippen LogP contribution in [0.25, 0.3) is 0 Å². The van der Waals surface area contributed by atoms with Crippen LogP contribution in [0.15, 0.2) is 0 Å². The van der Waals surface area contributed by atoms with E-state index < -0.39 is 15.6 Å². The van der Waals surface area contributed by atoms with Crippen molar-refractivity contribution in [2.75, 3.05) is 0 Å². The summed E-state index contributed by atoms with van der Waals surface area (Å²) in [7, 11) is -10.1. The third-order valence-corrected chi connectivity index (χ3v) is 1.91. The van der Waals surface area contributed by atoms with Gasteiger partial charge in [0.05, 0.1) is 0 Å². The van der Waals surface area contributed by atoms with Crippen molar-refractivity contribution in [2.24, 2.45) is 0 Å². The van der Waals surface area contributed by atoms with Crippen LogP contribution in [0.3, 0.4) is 0 Å². The van der Waals surface area contributed by atoms with Gasteiger partial charge < -0.3 is 19.6 Å². The number of phosphoric acid groups is 2. The summed E-state index contributed by atoms with van der Waals surface area (Å²) in [6.07, 6.45) is 0. The zero-order chi connectivity index (χ0) is 7.71. The van der Waals surface area contributed by atoms with Gasteiger partial charge in [-0.15, -0.1) is 0 Å². The van der Waals surface area contributed by atoms with E-state index in [0.29, 0.717) is 0 Å². The molecule has 0 unspecified atom stereocenters. The molecule has 10 heteroatoms. The molecule has 0 aromatic heterocycles. The van der Waals surface area contributed by atoms with E-state index in [4.69, 9.17) is 19.6 Å². The molecule has 64 valence electrons. The fraction of sp³-hybridized carbons (Fsp3) is 0. The summed E-state index contributed by atoms with van der Waals surface area (Å²) in [6, 6.07) is 0. The van der Waals surface area contributed by atoms with E-state index in [2.05, 4.69) is 4.31 Å². The SMILES string of the molecule is O=P(O)(O)OP(=O)(O)O.[BiH3]. The third kappa shape index (κ3) is 11.9. The van der Waals surface area contributed by atoms with Crippen LogP contribution >= 0.6 is 15.6 Å². The summed E-state index contributed by atoms with van der Waals surface area (Å²) < 4.78 is 22.2. The van der Waals surface area contributed by atoms with Crippen molar-refractivity contribution in [2.45, 2.75) is 0 Å². The molecule has 0 radical (unpaired) electrons. The maximum absolute atomic E-state index is 9.63. The third-order valence-electron chi connectivity index (χ3n) is 0.213. The number of rotatable bonds is 2. The Balaban J connectivity index is 0. The Morgan fingerprint density at radius 2 is 1.10 bits per heavy atom. The second kappa shape index (κ2) is 4.24. The standard InChI is InChI=1S/Bi.H4O7P2.3H/c;1-8(2,3)7-9(4,5)6;;;/h;(H2,1,2,3)(H2,4,5,6);;;. The normalized spacial score (nSPS) is 12.4. The van der Waals surface area contributed by atoms with Crippen molar-refractivity contribution < 1.29 is 33.0 Å². The minimum atomic E-state index is -5.05. The van der Waals surface area contributed by atoms with Gasteiger partial charge in [-0.2, -0.15) is 4.31 Å². The zero-order valence-corrected chi connectivity index (χ0v) is 11.9. The molecule has 0 rings (SSSR count). The van der Waals surface area contributed by atoms with Crippen molar-refractivity contribution in [3.05, 3.63) is 0 Å². The molecule has 0 saturated heterocycles. The van der Waals surface area contributed by atoms with Gasteiger partial charge in [0.1, 0.15) is 0 Å². The predicted molar refractivity (Wildman–Crippen MR) is 35.1 cm³/mol. The van der Waals surface area contributed by atoms with Gasteiger partial charge in [0.25, 0.3) is 0 Å². The van der Waals surface area contributed by atoms with Crippen LogP contribution in [0.5, 0.6) is 0 Å². The molecule has 0 saturated carbocycles. The van der Waals surface area contributed by atoms with E-state index in [9.17, 15) is 9.13 Å². The van der Waals surface area contributed by atoms with Crippen LogP contribution in [0.1, 0.15) is 0 Å². The molecule has 0 aromatic carbocycles. The van der Waals surface area contributed by atoms with E-state index in [0.717, 1.165) is 0 Å². The fourth-order valence-corrected chi connectivity index (χ4v) is 1.25. The van der Waals surface area contributed by atoms with Crippen molar-refractivity contribution in [1.82, 2.24) is 0 Å². The van der Waals surface area contributed by atoms with Crippen LogP contribution in [0, 0.1) is 0 Å². The Labute approximate surface area is 75.0 Å². The molecule has 0 spiro atoms. The summed E-state index contributed by atoms with van der Waals surface area (Å²) in [4.78, 5) is 31.0. The molecule has 0 aliphatic heterocycles. The van der Waals surface area contributed by atoms with Gasteiger partial charge in [0.15, 0.2) is 0 Å². The van der Waals surface area contributed by atoms with Crippen molar-refractivity contribution in [1.29, 1.82) is 0 Å². The summed E-state index contributed by atoms with van der Waals surface area (Å²) in [5, 5.41) is 0. The molecule has 0 amide bonds. The molecule has 7 nitrogen and oxygen atoms in total. The Kier molecular flexibility index (Phi) is 5.81. The van der Waals surface area contributed by atoms with Gasteiger partial charge in [-0.05, 0) is 0 Å². The average Bonchev–Trinajstić information content (AvgIpc) is 1.14. The van der Waals surface area contributed by atoms with E-state index in [1.165, 1.54) is 0 Å². The van der Waals surface area contributed by atoms with Gasteiger partial charge in [0, 0.05) is 0 Å². The number of hydrogen-bond donors (Lipinski definition) is 4. The second-order valence-corrected chi connectivity index (χ2v) is 3.68. The van der Waals surface area contributed by atoms with E-state index in [-0.39, 0.29) is 26.2 Å². The van der Waals surface area contributed by atoms with Crippen molar-refractivity contribution in [3.8, 4) is 0 Å². The molecule has 10 heavy (non-hydrogen) atoms. The van der Waals surface area contributed by atoms with Crippen LogP contribution in [-0.2, 0) is 13.4 Å². The molecule has 0 heterocycles. The summed E-state index contributed by atoms with van der Waals surface area (Å²) >= 11 is 0. The summed E-state index contributed by atoms with van der Waals surface area (Å²) in [5.74, 6) is 0. The average molecular weight is 390 g/mol. The van der Waals surface area contributed by atoms with Crippen LogP contribution in [0.2, 0.25) is 0 Å². The fourth-order valence-electron chi connectivity index (χ4n) is 0.139. The molecule has 0 aromatic rings. The molecular formula is H7BiO7P2. The van der Waals surface area contributed by atoms with Crippen molar-refractivity contribution >= 4 is 41.8 Å². The summed E-state index contributed by atoms with van der Waals surface area (Å²) in [5.41, 5.74) is 0. The Morgan fingerprint density at radius 3 is 1.10 bits per heavy atom. The number of hydrogen-bond acceptors (Lipinski definition) is 3. The molecule has 0 aliphatic rings. The van der Waals surface area contributed by atoms with Gasteiger partial charge in [0.2, 0.25) is 0 Å². The van der Waals surface area contributed by atoms with Crippen molar-refractivity contribution in [3.63, 3.8) is 0 Å².